The lowest BCUT2D eigenvalue weighted by Gasteiger charge is -2.33. The van der Waals surface area contributed by atoms with Crippen molar-refractivity contribution in [1.82, 2.24) is 10.2 Å². The van der Waals surface area contributed by atoms with Crippen LogP contribution < -0.4 is 10.6 Å². The first-order chi connectivity index (χ1) is 13.4. The van der Waals surface area contributed by atoms with Crippen molar-refractivity contribution >= 4 is 23.6 Å². The van der Waals surface area contributed by atoms with Gasteiger partial charge in [0, 0.05) is 32.0 Å². The van der Waals surface area contributed by atoms with Crippen molar-refractivity contribution < 1.29 is 23.9 Å². The van der Waals surface area contributed by atoms with Crippen molar-refractivity contribution in [2.45, 2.75) is 32.7 Å². The molecule has 1 aliphatic heterocycles. The van der Waals surface area contributed by atoms with Crippen LogP contribution in [0.15, 0.2) is 35.5 Å². The fourth-order valence-electron chi connectivity index (χ4n) is 2.85. The molecule has 3 amide bonds. The standard InChI is InChI=1S/C20H27N3O5/c1-5-6-16(24)21-15-9-7-14(8-10-15)18-17(19(25)28-12-11-27-4)13(2)23(3)20(26)22-18/h7-10,18H,5-6,11-12H2,1-4H3,(H,21,24)(H,22,26). The van der Waals surface area contributed by atoms with Gasteiger partial charge in [0.1, 0.15) is 6.61 Å². The maximum Gasteiger partial charge on any atom is 0.338 e. The fraction of sp³-hybridized carbons (Fsp3) is 0.450. The Bertz CT molecular complexity index is 758. The summed E-state index contributed by atoms with van der Waals surface area (Å²) in [6.07, 6.45) is 1.22. The number of nitrogens with one attached hydrogen (secondary N) is 2. The van der Waals surface area contributed by atoms with E-state index in [9.17, 15) is 14.4 Å². The number of urea groups is 1. The number of carbonyl (C=O) groups excluding carboxylic acids is 3. The number of ether oxygens (including phenoxy) is 2. The zero-order valence-electron chi connectivity index (χ0n) is 16.7. The molecule has 8 nitrogen and oxygen atoms in total. The molecule has 0 radical (unpaired) electrons. The highest BCUT2D eigenvalue weighted by molar-refractivity contribution is 5.95. The summed E-state index contributed by atoms with van der Waals surface area (Å²) in [6.45, 7) is 4.06. The van der Waals surface area contributed by atoms with Crippen molar-refractivity contribution in [1.29, 1.82) is 0 Å². The lowest BCUT2D eigenvalue weighted by Crippen LogP contribution is -2.46. The van der Waals surface area contributed by atoms with Crippen LogP contribution in [0.3, 0.4) is 0 Å². The van der Waals surface area contributed by atoms with E-state index in [0.717, 1.165) is 6.42 Å². The molecule has 0 spiro atoms. The first-order valence-electron chi connectivity index (χ1n) is 9.19. The number of hydrogen-bond donors (Lipinski definition) is 2. The van der Waals surface area contributed by atoms with Gasteiger partial charge in [0.2, 0.25) is 5.91 Å². The number of amides is 3. The van der Waals surface area contributed by atoms with Crippen molar-refractivity contribution in [2.75, 3.05) is 32.7 Å². The average Bonchev–Trinajstić information content (AvgIpc) is 2.66. The Kier molecular flexibility index (Phi) is 7.57. The molecule has 1 aliphatic rings. The minimum absolute atomic E-state index is 0.0546. The SMILES string of the molecule is CCCC(=O)Nc1ccc(C2NC(=O)N(C)C(C)=C2C(=O)OCCOC)cc1. The van der Waals surface area contributed by atoms with Crippen LogP contribution in [-0.4, -0.2) is 50.2 Å². The Labute approximate surface area is 164 Å². The number of hydrogen-bond acceptors (Lipinski definition) is 5. The maximum absolute atomic E-state index is 12.6. The van der Waals surface area contributed by atoms with Gasteiger partial charge in [0.25, 0.3) is 0 Å². The zero-order valence-corrected chi connectivity index (χ0v) is 16.7. The highest BCUT2D eigenvalue weighted by Crippen LogP contribution is 2.31. The predicted molar refractivity (Wildman–Crippen MR) is 105 cm³/mol. The minimum atomic E-state index is -0.640. The van der Waals surface area contributed by atoms with E-state index in [1.165, 1.54) is 12.0 Å². The fourth-order valence-corrected chi connectivity index (χ4v) is 2.85. The molecule has 1 aromatic carbocycles. The summed E-state index contributed by atoms with van der Waals surface area (Å²) in [4.78, 5) is 38.0. The molecular formula is C20H27N3O5. The van der Waals surface area contributed by atoms with Gasteiger partial charge < -0.3 is 25.0 Å². The summed E-state index contributed by atoms with van der Waals surface area (Å²) in [5.41, 5.74) is 2.26. The molecule has 8 heteroatoms. The highest BCUT2D eigenvalue weighted by atomic mass is 16.6. The third kappa shape index (κ3) is 5.10. The number of esters is 1. The van der Waals surface area contributed by atoms with Gasteiger partial charge in [-0.3, -0.25) is 4.79 Å². The van der Waals surface area contributed by atoms with E-state index >= 15 is 0 Å². The molecule has 1 unspecified atom stereocenters. The van der Waals surface area contributed by atoms with E-state index in [-0.39, 0.29) is 25.2 Å². The third-order valence-corrected chi connectivity index (χ3v) is 4.50. The molecule has 152 valence electrons. The third-order valence-electron chi connectivity index (χ3n) is 4.50. The molecule has 28 heavy (non-hydrogen) atoms. The summed E-state index contributed by atoms with van der Waals surface area (Å²) in [6, 6.07) is 6.09. The predicted octanol–water partition coefficient (Wildman–Crippen LogP) is 2.58. The van der Waals surface area contributed by atoms with Gasteiger partial charge in [-0.1, -0.05) is 19.1 Å². The molecule has 1 heterocycles. The molecule has 0 saturated carbocycles. The summed E-state index contributed by atoms with van der Waals surface area (Å²) < 4.78 is 10.2. The number of anilines is 1. The molecule has 2 N–H and O–H groups in total. The second-order valence-corrected chi connectivity index (χ2v) is 6.49. The van der Waals surface area contributed by atoms with Crippen LogP contribution >= 0.6 is 0 Å². The molecule has 0 aliphatic carbocycles. The van der Waals surface area contributed by atoms with Crippen LogP contribution in [0.25, 0.3) is 0 Å². The van der Waals surface area contributed by atoms with Crippen LogP contribution in [-0.2, 0) is 19.1 Å². The molecule has 1 aromatic rings. The first-order valence-corrected chi connectivity index (χ1v) is 9.19. The number of carbonyl (C=O) groups is 3. The van der Waals surface area contributed by atoms with Gasteiger partial charge >= 0.3 is 12.0 Å². The zero-order chi connectivity index (χ0) is 20.7. The van der Waals surface area contributed by atoms with Crippen molar-refractivity contribution in [3.63, 3.8) is 0 Å². The maximum atomic E-state index is 12.6. The van der Waals surface area contributed by atoms with Gasteiger partial charge in [0.15, 0.2) is 0 Å². The van der Waals surface area contributed by atoms with Gasteiger partial charge in [0.05, 0.1) is 18.2 Å². The molecule has 2 rings (SSSR count). The topological polar surface area (TPSA) is 97.0 Å². The van der Waals surface area contributed by atoms with E-state index in [2.05, 4.69) is 10.6 Å². The van der Waals surface area contributed by atoms with Crippen LogP contribution in [0.2, 0.25) is 0 Å². The van der Waals surface area contributed by atoms with E-state index < -0.39 is 12.0 Å². The Morgan fingerprint density at radius 3 is 2.50 bits per heavy atom. The summed E-state index contributed by atoms with van der Waals surface area (Å²) in [5, 5.41) is 5.64. The summed E-state index contributed by atoms with van der Waals surface area (Å²) >= 11 is 0. The van der Waals surface area contributed by atoms with Gasteiger partial charge in [-0.25, -0.2) is 9.59 Å². The second kappa shape index (κ2) is 9.89. The van der Waals surface area contributed by atoms with E-state index in [1.54, 1.807) is 38.2 Å². The number of nitrogens with zero attached hydrogens (tertiary/aromatic N) is 1. The largest absolute Gasteiger partial charge is 0.460 e. The van der Waals surface area contributed by atoms with Gasteiger partial charge in [-0.15, -0.1) is 0 Å². The van der Waals surface area contributed by atoms with Crippen LogP contribution in [0.1, 0.15) is 38.3 Å². The Morgan fingerprint density at radius 1 is 1.21 bits per heavy atom. The molecule has 0 saturated heterocycles. The Hall–Kier alpha value is -2.87. The summed E-state index contributed by atoms with van der Waals surface area (Å²) in [5.74, 6) is -0.562. The van der Waals surface area contributed by atoms with E-state index in [4.69, 9.17) is 9.47 Å². The monoisotopic (exact) mass is 389 g/mol. The molecule has 0 bridgehead atoms. The summed E-state index contributed by atoms with van der Waals surface area (Å²) in [7, 11) is 3.12. The van der Waals surface area contributed by atoms with E-state index in [1.807, 2.05) is 6.92 Å². The lowest BCUT2D eigenvalue weighted by molar-refractivity contribution is -0.140. The average molecular weight is 389 g/mol. The Morgan fingerprint density at radius 2 is 1.89 bits per heavy atom. The van der Waals surface area contributed by atoms with Crippen molar-refractivity contribution in [3.05, 3.63) is 41.1 Å². The quantitative estimate of drug-likeness (QED) is 0.526. The number of rotatable bonds is 8. The second-order valence-electron chi connectivity index (χ2n) is 6.49. The highest BCUT2D eigenvalue weighted by Gasteiger charge is 2.34. The molecule has 0 aromatic heterocycles. The first kappa shape index (κ1) is 21.4. The van der Waals surface area contributed by atoms with Crippen LogP contribution in [0, 0.1) is 0 Å². The molecular weight excluding hydrogens is 362 g/mol. The van der Waals surface area contributed by atoms with E-state index in [0.29, 0.717) is 28.9 Å². The van der Waals surface area contributed by atoms with Crippen molar-refractivity contribution in [3.8, 4) is 0 Å². The van der Waals surface area contributed by atoms with Crippen LogP contribution in [0.5, 0.6) is 0 Å². The van der Waals surface area contributed by atoms with Crippen molar-refractivity contribution in [2.24, 2.45) is 0 Å². The van der Waals surface area contributed by atoms with Gasteiger partial charge in [-0.2, -0.15) is 0 Å². The normalized spacial score (nSPS) is 16.6. The van der Waals surface area contributed by atoms with Crippen LogP contribution in [0.4, 0.5) is 10.5 Å². The number of methoxy groups -OCH3 is 1. The minimum Gasteiger partial charge on any atom is -0.460 e. The number of benzene rings is 1. The Balaban J connectivity index is 2.26. The smallest absolute Gasteiger partial charge is 0.338 e. The number of allylic oxidation sites excluding steroid dienone is 1. The molecule has 0 fully saturated rings. The van der Waals surface area contributed by atoms with Gasteiger partial charge in [-0.05, 0) is 31.0 Å². The molecule has 1 atom stereocenters. The lowest BCUT2D eigenvalue weighted by atomic mass is 9.95.